The van der Waals surface area contributed by atoms with E-state index < -0.39 is 17.0 Å². The molecule has 0 aliphatic carbocycles. The minimum Gasteiger partial charge on any atom is -0.385 e. The molecule has 1 atom stereocenters. The van der Waals surface area contributed by atoms with Crippen LogP contribution in [0.1, 0.15) is 59.0 Å². The third-order valence-electron chi connectivity index (χ3n) is 6.28. The predicted molar refractivity (Wildman–Crippen MR) is 153 cm³/mol. The van der Waals surface area contributed by atoms with Crippen LogP contribution in [0, 0.1) is 17.0 Å². The molecule has 3 aromatic carbocycles. The number of nitro groups is 1. The van der Waals surface area contributed by atoms with Crippen LogP contribution in [0.4, 0.5) is 17.1 Å². The maximum absolute atomic E-state index is 12.8. The van der Waals surface area contributed by atoms with Crippen LogP contribution in [0.3, 0.4) is 0 Å². The Bertz CT molecular complexity index is 1420. The third kappa shape index (κ3) is 5.36. The Morgan fingerprint density at radius 3 is 2.58 bits per heavy atom. The third-order valence-corrected chi connectivity index (χ3v) is 6.28. The van der Waals surface area contributed by atoms with Gasteiger partial charge in [0.1, 0.15) is 11.4 Å². The Morgan fingerprint density at radius 1 is 1.11 bits per heavy atom. The summed E-state index contributed by atoms with van der Waals surface area (Å²) in [6.45, 7) is 11.0. The number of carbonyl (C=O) groups is 1. The number of nitrogens with one attached hydrogen (secondary N) is 4. The fraction of sp³-hybridized carbons (Fsp3) is 0.241. The summed E-state index contributed by atoms with van der Waals surface area (Å²) in [4.78, 5) is 29.4. The molecule has 0 radical (unpaired) electrons. The van der Waals surface area contributed by atoms with Crippen LogP contribution >= 0.6 is 0 Å². The van der Waals surface area contributed by atoms with Gasteiger partial charge in [0.05, 0.1) is 10.5 Å². The number of nitrogens with zero attached hydrogens (tertiary/aromatic N) is 2. The number of para-hydroxylation sites is 2. The van der Waals surface area contributed by atoms with Crippen molar-refractivity contribution < 1.29 is 9.72 Å². The number of amidine groups is 1. The average Bonchev–Trinajstić information content (AvgIpc) is 2.91. The van der Waals surface area contributed by atoms with Gasteiger partial charge in [-0.25, -0.2) is 4.99 Å². The van der Waals surface area contributed by atoms with Crippen LogP contribution in [-0.4, -0.2) is 29.8 Å². The number of carbonyl (C=O) groups excluding carboxylic acids is 1. The highest BCUT2D eigenvalue weighted by Gasteiger charge is 2.33. The lowest BCUT2D eigenvalue weighted by Gasteiger charge is -2.27. The highest BCUT2D eigenvalue weighted by molar-refractivity contribution is 6.09. The number of benzene rings is 3. The molecule has 3 aromatic rings. The molecule has 0 saturated heterocycles. The molecule has 1 heterocycles. The van der Waals surface area contributed by atoms with Gasteiger partial charge in [-0.15, -0.1) is 0 Å². The van der Waals surface area contributed by atoms with Crippen LogP contribution < -0.4 is 21.3 Å². The van der Waals surface area contributed by atoms with Gasteiger partial charge in [-0.3, -0.25) is 14.9 Å². The lowest BCUT2D eigenvalue weighted by molar-refractivity contribution is -0.386. The van der Waals surface area contributed by atoms with Crippen molar-refractivity contribution in [2.24, 2.45) is 4.99 Å². The van der Waals surface area contributed by atoms with Crippen molar-refractivity contribution in [1.82, 2.24) is 10.6 Å². The molecule has 38 heavy (non-hydrogen) atoms. The van der Waals surface area contributed by atoms with Gasteiger partial charge in [-0.2, -0.15) is 0 Å². The Hall–Kier alpha value is -4.66. The molecule has 1 aliphatic heterocycles. The maximum Gasteiger partial charge on any atom is 0.289 e. The zero-order valence-electron chi connectivity index (χ0n) is 21.8. The van der Waals surface area contributed by atoms with Gasteiger partial charge >= 0.3 is 0 Å². The Labute approximate surface area is 222 Å². The number of hydrogen-bond acceptors (Lipinski definition) is 7. The van der Waals surface area contributed by atoms with Crippen molar-refractivity contribution in [3.63, 3.8) is 0 Å². The van der Waals surface area contributed by atoms with Crippen LogP contribution in [-0.2, 0) is 0 Å². The van der Waals surface area contributed by atoms with Gasteiger partial charge in [0, 0.05) is 41.3 Å². The van der Waals surface area contributed by atoms with E-state index in [0.29, 0.717) is 29.2 Å². The summed E-state index contributed by atoms with van der Waals surface area (Å²) in [5, 5.41) is 25.0. The van der Waals surface area contributed by atoms with E-state index in [4.69, 9.17) is 4.99 Å². The first-order chi connectivity index (χ1) is 18.3. The molecule has 0 fully saturated rings. The molecule has 196 valence electrons. The second-order valence-corrected chi connectivity index (χ2v) is 8.96. The zero-order valence-corrected chi connectivity index (χ0v) is 21.8. The fourth-order valence-corrected chi connectivity index (χ4v) is 4.47. The molecule has 4 rings (SSSR count). The topological polar surface area (TPSA) is 121 Å². The SMILES string of the molecule is C=C(NC1=NC(c2ccc(C)c(C(=O)NCC)c2[N+](=O)[O-])Nc2ccccc21)c1ccccc1NCCC. The van der Waals surface area contributed by atoms with E-state index in [9.17, 15) is 14.9 Å². The Morgan fingerprint density at radius 2 is 1.84 bits per heavy atom. The van der Waals surface area contributed by atoms with Crippen molar-refractivity contribution in [2.75, 3.05) is 23.7 Å². The number of aryl methyl sites for hydroxylation is 1. The lowest BCUT2D eigenvalue weighted by Crippen LogP contribution is -2.30. The molecule has 0 bridgehead atoms. The second-order valence-electron chi connectivity index (χ2n) is 8.96. The minimum atomic E-state index is -0.803. The van der Waals surface area contributed by atoms with Crippen LogP contribution in [0.5, 0.6) is 0 Å². The van der Waals surface area contributed by atoms with Crippen molar-refractivity contribution >= 4 is 34.5 Å². The standard InChI is InChI=1S/C29H32N6O3/c1-5-17-31-23-13-9-7-11-20(23)19(4)32-27-21-12-8-10-14-24(21)33-28(34-27)22-16-15-18(3)25(26(22)35(37)38)29(36)30-6-2/h7-16,28,31,33H,4-6,17H2,1-3H3,(H,30,36)(H,32,34). The summed E-state index contributed by atoms with van der Waals surface area (Å²) in [6, 6.07) is 18.8. The Balaban J connectivity index is 1.78. The van der Waals surface area contributed by atoms with E-state index in [1.54, 1.807) is 26.0 Å². The van der Waals surface area contributed by atoms with Crippen molar-refractivity contribution in [3.8, 4) is 0 Å². The number of anilines is 2. The monoisotopic (exact) mass is 512 g/mol. The number of hydrogen-bond donors (Lipinski definition) is 4. The van der Waals surface area contributed by atoms with E-state index in [1.807, 2.05) is 48.5 Å². The first-order valence-corrected chi connectivity index (χ1v) is 12.6. The maximum atomic E-state index is 12.8. The molecule has 0 saturated carbocycles. The summed E-state index contributed by atoms with van der Waals surface area (Å²) < 4.78 is 0. The van der Waals surface area contributed by atoms with Crippen LogP contribution in [0.15, 0.2) is 72.2 Å². The zero-order chi connectivity index (χ0) is 27.2. The summed E-state index contributed by atoms with van der Waals surface area (Å²) in [5.74, 6) is 0.0377. The fourth-order valence-electron chi connectivity index (χ4n) is 4.47. The van der Waals surface area contributed by atoms with Crippen LogP contribution in [0.2, 0.25) is 0 Å². The van der Waals surface area contributed by atoms with Crippen molar-refractivity contribution in [1.29, 1.82) is 0 Å². The van der Waals surface area contributed by atoms with Gasteiger partial charge in [0.25, 0.3) is 11.6 Å². The van der Waals surface area contributed by atoms with Crippen molar-refractivity contribution in [2.45, 2.75) is 33.4 Å². The average molecular weight is 513 g/mol. The molecule has 1 unspecified atom stereocenters. The van der Waals surface area contributed by atoms with Gasteiger partial charge < -0.3 is 21.3 Å². The molecule has 4 N–H and O–H groups in total. The summed E-state index contributed by atoms with van der Waals surface area (Å²) >= 11 is 0. The number of amides is 1. The molecule has 9 heteroatoms. The van der Waals surface area contributed by atoms with E-state index in [1.165, 1.54) is 0 Å². The molecular formula is C29H32N6O3. The van der Waals surface area contributed by atoms with Gasteiger partial charge in [0.15, 0.2) is 6.17 Å². The first-order valence-electron chi connectivity index (χ1n) is 12.6. The van der Waals surface area contributed by atoms with Gasteiger partial charge in [-0.05, 0) is 50.1 Å². The summed E-state index contributed by atoms with van der Waals surface area (Å²) in [6.07, 6.45) is 0.178. The normalized spacial score (nSPS) is 14.0. The number of nitro benzene ring substituents is 1. The van der Waals surface area contributed by atoms with Gasteiger partial charge in [0.2, 0.25) is 0 Å². The second kappa shape index (κ2) is 11.6. The number of fused-ring (bicyclic) bond motifs is 1. The largest absolute Gasteiger partial charge is 0.385 e. The predicted octanol–water partition coefficient (Wildman–Crippen LogP) is 5.61. The lowest BCUT2D eigenvalue weighted by atomic mass is 9.98. The van der Waals surface area contributed by atoms with Crippen LogP contribution in [0.25, 0.3) is 5.70 Å². The molecule has 9 nitrogen and oxygen atoms in total. The molecule has 1 amide bonds. The quantitative estimate of drug-likeness (QED) is 0.219. The van der Waals surface area contributed by atoms with E-state index in [-0.39, 0.29) is 11.3 Å². The minimum absolute atomic E-state index is 0.0417. The Kier molecular flexibility index (Phi) is 8.06. The highest BCUT2D eigenvalue weighted by atomic mass is 16.6. The molecule has 0 aromatic heterocycles. The highest BCUT2D eigenvalue weighted by Crippen LogP contribution is 2.37. The summed E-state index contributed by atoms with van der Waals surface area (Å²) in [7, 11) is 0. The van der Waals surface area contributed by atoms with E-state index in [2.05, 4.69) is 34.8 Å². The molecule has 0 spiro atoms. The first kappa shape index (κ1) is 26.4. The molecular weight excluding hydrogens is 480 g/mol. The van der Waals surface area contributed by atoms with E-state index >= 15 is 0 Å². The number of rotatable bonds is 9. The van der Waals surface area contributed by atoms with Crippen molar-refractivity contribution in [3.05, 3.63) is 105 Å². The van der Waals surface area contributed by atoms with E-state index in [0.717, 1.165) is 35.5 Å². The molecule has 1 aliphatic rings. The number of aliphatic imine (C=N–C) groups is 1. The smallest absolute Gasteiger partial charge is 0.289 e. The summed E-state index contributed by atoms with van der Waals surface area (Å²) in [5.41, 5.74) is 4.66. The van der Waals surface area contributed by atoms with Gasteiger partial charge in [-0.1, -0.05) is 49.9 Å².